The number of benzene rings is 1. The third-order valence-electron chi connectivity index (χ3n) is 1.80. The van der Waals surface area contributed by atoms with Crippen molar-refractivity contribution < 1.29 is 14.7 Å². The molecular formula is C13H18O3. The summed E-state index contributed by atoms with van der Waals surface area (Å²) >= 11 is 0. The molecule has 0 saturated carbocycles. The van der Waals surface area contributed by atoms with Crippen molar-refractivity contribution in [2.45, 2.75) is 33.6 Å². The summed E-state index contributed by atoms with van der Waals surface area (Å²) in [6.45, 7) is 5.52. The zero-order valence-electron chi connectivity index (χ0n) is 9.99. The Hall–Kier alpha value is -1.64. The smallest absolute Gasteiger partial charge is 0.307 e. The van der Waals surface area contributed by atoms with E-state index in [-0.39, 0.29) is 12.2 Å². The predicted molar refractivity (Wildman–Crippen MR) is 63.5 cm³/mol. The Labute approximate surface area is 96.1 Å². The number of aliphatic carboxylic acids is 1. The summed E-state index contributed by atoms with van der Waals surface area (Å²) in [5.41, 5.74) is 1.60. The number of hydrogen-bond donors (Lipinski definition) is 1. The Morgan fingerprint density at radius 2 is 1.62 bits per heavy atom. The van der Waals surface area contributed by atoms with Crippen LogP contribution in [0.3, 0.4) is 0 Å². The van der Waals surface area contributed by atoms with Crippen LogP contribution in [0.1, 0.15) is 31.9 Å². The second kappa shape index (κ2) is 7.63. The molecule has 3 heteroatoms. The number of rotatable bonds is 4. The average molecular weight is 222 g/mol. The molecule has 0 unspecified atom stereocenters. The fourth-order valence-corrected chi connectivity index (χ4v) is 1.31. The molecule has 0 fully saturated rings. The van der Waals surface area contributed by atoms with E-state index >= 15 is 0 Å². The van der Waals surface area contributed by atoms with Gasteiger partial charge in [0.15, 0.2) is 0 Å². The summed E-state index contributed by atoms with van der Waals surface area (Å²) in [4.78, 5) is 21.3. The monoisotopic (exact) mass is 222 g/mol. The molecule has 0 heterocycles. The van der Waals surface area contributed by atoms with Crippen LogP contribution in [0.25, 0.3) is 0 Å². The van der Waals surface area contributed by atoms with Gasteiger partial charge in [-0.3, -0.25) is 9.59 Å². The van der Waals surface area contributed by atoms with Gasteiger partial charge in [0.2, 0.25) is 0 Å². The lowest BCUT2D eigenvalue weighted by Gasteiger charge is -2.01. The van der Waals surface area contributed by atoms with Gasteiger partial charge in [-0.25, -0.2) is 0 Å². The van der Waals surface area contributed by atoms with Crippen molar-refractivity contribution in [2.75, 3.05) is 0 Å². The fourth-order valence-electron chi connectivity index (χ4n) is 1.31. The van der Waals surface area contributed by atoms with Gasteiger partial charge < -0.3 is 5.11 Å². The molecule has 1 N–H and O–H groups in total. The minimum absolute atomic E-state index is 0.00570. The molecule has 3 nitrogen and oxygen atoms in total. The van der Waals surface area contributed by atoms with Crippen molar-refractivity contribution in [3.63, 3.8) is 0 Å². The Kier molecular flexibility index (Phi) is 6.84. The van der Waals surface area contributed by atoms with Crippen molar-refractivity contribution in [3.05, 3.63) is 35.4 Å². The van der Waals surface area contributed by atoms with E-state index in [2.05, 4.69) is 0 Å². The Morgan fingerprint density at radius 1 is 1.12 bits per heavy atom. The second-order valence-corrected chi connectivity index (χ2v) is 3.27. The van der Waals surface area contributed by atoms with Crippen molar-refractivity contribution in [1.29, 1.82) is 0 Å². The van der Waals surface area contributed by atoms with Gasteiger partial charge in [-0.15, -0.1) is 0 Å². The molecule has 88 valence electrons. The zero-order valence-corrected chi connectivity index (χ0v) is 9.99. The largest absolute Gasteiger partial charge is 0.481 e. The molecule has 0 aliphatic rings. The summed E-state index contributed by atoms with van der Waals surface area (Å²) in [6, 6.07) is 7.11. The van der Waals surface area contributed by atoms with Gasteiger partial charge in [-0.2, -0.15) is 0 Å². The normalized spacial score (nSPS) is 8.94. The van der Waals surface area contributed by atoms with Gasteiger partial charge >= 0.3 is 5.97 Å². The van der Waals surface area contributed by atoms with Gasteiger partial charge in [0, 0.05) is 6.42 Å². The molecule has 0 aromatic heterocycles. The van der Waals surface area contributed by atoms with Crippen LogP contribution in [0.15, 0.2) is 24.3 Å². The van der Waals surface area contributed by atoms with Crippen LogP contribution in [-0.4, -0.2) is 16.9 Å². The lowest BCUT2D eigenvalue weighted by molar-refractivity contribution is -0.136. The summed E-state index contributed by atoms with van der Waals surface area (Å²) in [6.07, 6.45) is 0.374. The third kappa shape index (κ3) is 5.96. The van der Waals surface area contributed by atoms with Crippen LogP contribution < -0.4 is 0 Å². The summed E-state index contributed by atoms with van der Waals surface area (Å²) in [5, 5.41) is 8.57. The SMILES string of the molecule is CC.CC(=O)Cc1cccc(CC(=O)O)c1. The highest BCUT2D eigenvalue weighted by Gasteiger charge is 2.02. The molecular weight excluding hydrogens is 204 g/mol. The number of hydrogen-bond acceptors (Lipinski definition) is 2. The minimum atomic E-state index is -0.857. The summed E-state index contributed by atoms with van der Waals surface area (Å²) in [5.74, 6) is -0.776. The number of ketones is 1. The van der Waals surface area contributed by atoms with Crippen LogP contribution in [0.4, 0.5) is 0 Å². The van der Waals surface area contributed by atoms with Crippen LogP contribution in [0.2, 0.25) is 0 Å². The predicted octanol–water partition coefficient (Wildman–Crippen LogP) is 2.47. The first-order valence-electron chi connectivity index (χ1n) is 5.37. The molecule has 0 radical (unpaired) electrons. The quantitative estimate of drug-likeness (QED) is 0.851. The summed E-state index contributed by atoms with van der Waals surface area (Å²) in [7, 11) is 0. The maximum Gasteiger partial charge on any atom is 0.307 e. The van der Waals surface area contributed by atoms with Crippen molar-refractivity contribution in [3.8, 4) is 0 Å². The fraction of sp³-hybridized carbons (Fsp3) is 0.385. The lowest BCUT2D eigenvalue weighted by Crippen LogP contribution is -2.02. The number of carbonyl (C=O) groups is 2. The van der Waals surface area contributed by atoms with Crippen molar-refractivity contribution in [1.82, 2.24) is 0 Å². The van der Waals surface area contributed by atoms with Gasteiger partial charge in [0.25, 0.3) is 0 Å². The number of carboxylic acid groups (broad SMARTS) is 1. The first-order valence-corrected chi connectivity index (χ1v) is 5.37. The summed E-state index contributed by atoms with van der Waals surface area (Å²) < 4.78 is 0. The molecule has 0 atom stereocenters. The topological polar surface area (TPSA) is 54.4 Å². The molecule has 1 aromatic carbocycles. The van der Waals surface area contributed by atoms with E-state index in [9.17, 15) is 9.59 Å². The Morgan fingerprint density at radius 3 is 2.06 bits per heavy atom. The van der Waals surface area contributed by atoms with E-state index in [1.807, 2.05) is 19.9 Å². The van der Waals surface area contributed by atoms with E-state index < -0.39 is 5.97 Å². The van der Waals surface area contributed by atoms with E-state index in [1.54, 1.807) is 18.2 Å². The van der Waals surface area contributed by atoms with Crippen LogP contribution in [-0.2, 0) is 22.4 Å². The molecule has 0 spiro atoms. The van der Waals surface area contributed by atoms with E-state index in [4.69, 9.17) is 5.11 Å². The van der Waals surface area contributed by atoms with Crippen LogP contribution in [0, 0.1) is 0 Å². The highest BCUT2D eigenvalue weighted by molar-refractivity contribution is 5.78. The van der Waals surface area contributed by atoms with Gasteiger partial charge in [-0.1, -0.05) is 38.1 Å². The molecule has 16 heavy (non-hydrogen) atoms. The molecule has 1 aromatic rings. The van der Waals surface area contributed by atoms with Gasteiger partial charge in [0.05, 0.1) is 6.42 Å². The maximum atomic E-state index is 10.8. The molecule has 0 amide bonds. The standard InChI is InChI=1S/C11H12O3.C2H6/c1-8(12)5-9-3-2-4-10(6-9)7-11(13)14;1-2/h2-4,6H,5,7H2,1H3,(H,13,14);1-2H3. The Balaban J connectivity index is 0.00000106. The van der Waals surface area contributed by atoms with E-state index in [1.165, 1.54) is 6.92 Å². The third-order valence-corrected chi connectivity index (χ3v) is 1.80. The molecule has 1 rings (SSSR count). The first-order chi connectivity index (χ1) is 7.58. The first kappa shape index (κ1) is 14.4. The van der Waals surface area contributed by atoms with Crippen molar-refractivity contribution in [2.24, 2.45) is 0 Å². The maximum absolute atomic E-state index is 10.8. The number of Topliss-reactive ketones (excluding diaryl/α,β-unsaturated/α-hetero) is 1. The highest BCUT2D eigenvalue weighted by atomic mass is 16.4. The van der Waals surface area contributed by atoms with Crippen LogP contribution in [0.5, 0.6) is 0 Å². The molecule has 0 saturated heterocycles. The molecule has 0 aliphatic carbocycles. The average Bonchev–Trinajstić information content (AvgIpc) is 2.19. The highest BCUT2D eigenvalue weighted by Crippen LogP contribution is 2.07. The van der Waals surface area contributed by atoms with Gasteiger partial charge in [0.1, 0.15) is 5.78 Å². The Bertz CT molecular complexity index is 325. The van der Waals surface area contributed by atoms with Crippen molar-refractivity contribution >= 4 is 11.8 Å². The second-order valence-electron chi connectivity index (χ2n) is 3.27. The number of carboxylic acids is 1. The number of carbonyl (C=O) groups excluding carboxylic acids is 1. The molecule has 0 aliphatic heterocycles. The van der Waals surface area contributed by atoms with Gasteiger partial charge in [-0.05, 0) is 18.1 Å². The lowest BCUT2D eigenvalue weighted by atomic mass is 10.0. The van der Waals surface area contributed by atoms with E-state index in [0.717, 1.165) is 11.1 Å². The zero-order chi connectivity index (χ0) is 12.6. The minimum Gasteiger partial charge on any atom is -0.481 e. The van der Waals surface area contributed by atoms with Crippen LogP contribution >= 0.6 is 0 Å². The van der Waals surface area contributed by atoms with E-state index in [0.29, 0.717) is 6.42 Å². The molecule has 0 bridgehead atoms.